The van der Waals surface area contributed by atoms with E-state index in [-0.39, 0.29) is 18.7 Å². The predicted octanol–water partition coefficient (Wildman–Crippen LogP) is -0.124. The molecule has 2 aromatic rings. The van der Waals surface area contributed by atoms with Crippen LogP contribution < -0.4 is 16.0 Å². The Morgan fingerprint density at radius 3 is 2.39 bits per heavy atom. The summed E-state index contributed by atoms with van der Waals surface area (Å²) in [6, 6.07) is 8.19. The molecule has 0 saturated carbocycles. The number of rotatable bonds is 8. The highest BCUT2D eigenvalue weighted by Crippen LogP contribution is 2.07. The number of Topliss-reactive ketones (excluding diaryl/α,β-unsaturated/α-hetero) is 1. The molecule has 0 radical (unpaired) electrons. The van der Waals surface area contributed by atoms with Gasteiger partial charge >= 0.3 is 5.69 Å². The molecule has 2 rings (SSSR count). The molecule has 1 aromatic carbocycles. The van der Waals surface area contributed by atoms with Crippen LogP contribution in [0.2, 0.25) is 0 Å². The van der Waals surface area contributed by atoms with Crippen molar-refractivity contribution in [2.45, 2.75) is 26.4 Å². The smallest absolute Gasteiger partial charge is 0.299 e. The Bertz CT molecular complexity index is 1140. The van der Waals surface area contributed by atoms with E-state index >= 15 is 0 Å². The lowest BCUT2D eigenvalue weighted by Gasteiger charge is -2.09. The van der Waals surface area contributed by atoms with E-state index in [1.165, 1.54) is 10.8 Å². The summed E-state index contributed by atoms with van der Waals surface area (Å²) >= 11 is 0. The molecule has 0 aliphatic rings. The number of ketones is 1. The maximum atomic E-state index is 12.5. The second kappa shape index (κ2) is 8.77. The van der Waals surface area contributed by atoms with Crippen molar-refractivity contribution in [1.82, 2.24) is 13.9 Å². The van der Waals surface area contributed by atoms with Gasteiger partial charge in [-0.25, -0.2) is 17.9 Å². The van der Waals surface area contributed by atoms with Crippen LogP contribution >= 0.6 is 0 Å². The number of aromatic nitrogens is 2. The van der Waals surface area contributed by atoms with Crippen molar-refractivity contribution in [1.29, 1.82) is 5.26 Å². The molecule has 0 amide bonds. The molecule has 0 aliphatic heterocycles. The van der Waals surface area contributed by atoms with Crippen molar-refractivity contribution >= 4 is 15.8 Å². The van der Waals surface area contributed by atoms with Crippen LogP contribution in [-0.2, 0) is 29.5 Å². The summed E-state index contributed by atoms with van der Waals surface area (Å²) in [6.45, 7) is 1.72. The van der Waals surface area contributed by atoms with Gasteiger partial charge in [0.05, 0.1) is 12.8 Å². The minimum Gasteiger partial charge on any atom is -0.299 e. The number of nitrogens with zero attached hydrogens (tertiary/aromatic N) is 3. The zero-order valence-electron chi connectivity index (χ0n) is 15.5. The van der Waals surface area contributed by atoms with E-state index < -0.39 is 33.6 Å². The highest BCUT2D eigenvalue weighted by atomic mass is 32.2. The predicted molar refractivity (Wildman–Crippen MR) is 103 cm³/mol. The lowest BCUT2D eigenvalue weighted by atomic mass is 10.1. The van der Waals surface area contributed by atoms with E-state index in [2.05, 4.69) is 4.72 Å². The van der Waals surface area contributed by atoms with Gasteiger partial charge in [-0.05, 0) is 18.9 Å². The Kier molecular flexibility index (Phi) is 6.66. The molecule has 1 heterocycles. The van der Waals surface area contributed by atoms with Crippen LogP contribution in [0.1, 0.15) is 28.4 Å². The van der Waals surface area contributed by atoms with Gasteiger partial charge in [-0.2, -0.15) is 5.26 Å². The van der Waals surface area contributed by atoms with Gasteiger partial charge in [0.15, 0.2) is 5.78 Å². The quantitative estimate of drug-likeness (QED) is 0.610. The summed E-state index contributed by atoms with van der Waals surface area (Å²) in [7, 11) is -3.26. The Balaban J connectivity index is 2.19. The van der Waals surface area contributed by atoms with Crippen LogP contribution in [0.5, 0.6) is 0 Å². The van der Waals surface area contributed by atoms with E-state index in [1.54, 1.807) is 37.3 Å². The monoisotopic (exact) mass is 404 g/mol. The average molecular weight is 404 g/mol. The number of hydrogen-bond acceptors (Lipinski definition) is 6. The van der Waals surface area contributed by atoms with Gasteiger partial charge in [-0.3, -0.25) is 18.7 Å². The molecule has 0 bridgehead atoms. The van der Waals surface area contributed by atoms with Crippen molar-refractivity contribution in [3.05, 3.63) is 68.0 Å². The Labute approximate surface area is 161 Å². The minimum atomic E-state index is -3.26. The van der Waals surface area contributed by atoms with Crippen molar-refractivity contribution in [3.8, 4) is 6.07 Å². The highest BCUT2D eigenvalue weighted by Gasteiger charge is 2.15. The molecule has 9 nitrogen and oxygen atoms in total. The lowest BCUT2D eigenvalue weighted by molar-refractivity contribution is 0.0968. The zero-order valence-corrected chi connectivity index (χ0v) is 16.3. The summed E-state index contributed by atoms with van der Waals surface area (Å²) in [6.07, 6.45) is 2.71. The summed E-state index contributed by atoms with van der Waals surface area (Å²) in [5.41, 5.74) is -0.526. The van der Waals surface area contributed by atoms with E-state index in [0.717, 1.165) is 16.4 Å². The topological polar surface area (TPSA) is 131 Å². The molecule has 0 unspecified atom stereocenters. The van der Waals surface area contributed by atoms with Crippen LogP contribution in [-0.4, -0.2) is 36.1 Å². The van der Waals surface area contributed by atoms with Gasteiger partial charge in [-0.15, -0.1) is 0 Å². The molecule has 1 N–H and O–H groups in total. The first kappa shape index (κ1) is 21.3. The second-order valence-corrected chi connectivity index (χ2v) is 7.98. The Morgan fingerprint density at radius 2 is 1.86 bits per heavy atom. The standard InChI is InChI=1S/C18H20N4O5S/c1-3-21-11-15(10-19)17(24)22(18(21)25)12-16(23)14-6-4-13(5-7-14)8-9-20-28(2,26)27/h4-7,11,20H,3,8-9,12H2,1-2H3. The summed E-state index contributed by atoms with van der Waals surface area (Å²) in [5, 5.41) is 9.05. The molecular weight excluding hydrogens is 384 g/mol. The normalized spacial score (nSPS) is 11.2. The minimum absolute atomic E-state index is 0.206. The summed E-state index contributed by atoms with van der Waals surface area (Å²) < 4.78 is 26.4. The molecule has 0 atom stereocenters. The van der Waals surface area contributed by atoms with Gasteiger partial charge in [0.2, 0.25) is 10.0 Å². The molecule has 0 saturated heterocycles. The molecule has 1 aromatic heterocycles. The Hall–Kier alpha value is -3.03. The third-order valence-electron chi connectivity index (χ3n) is 4.05. The van der Waals surface area contributed by atoms with Gasteiger partial charge in [0.1, 0.15) is 11.6 Å². The zero-order chi connectivity index (χ0) is 20.9. The molecule has 28 heavy (non-hydrogen) atoms. The second-order valence-electron chi connectivity index (χ2n) is 6.15. The number of carbonyl (C=O) groups is 1. The third-order valence-corrected chi connectivity index (χ3v) is 4.78. The van der Waals surface area contributed by atoms with Gasteiger partial charge in [-0.1, -0.05) is 24.3 Å². The molecule has 0 aliphatic carbocycles. The van der Waals surface area contributed by atoms with E-state index in [0.29, 0.717) is 12.0 Å². The fourth-order valence-corrected chi connectivity index (χ4v) is 3.04. The van der Waals surface area contributed by atoms with Crippen molar-refractivity contribution < 1.29 is 13.2 Å². The number of nitriles is 1. The number of benzene rings is 1. The molecule has 0 fully saturated rings. The maximum Gasteiger partial charge on any atom is 0.331 e. The van der Waals surface area contributed by atoms with Gasteiger partial charge < -0.3 is 0 Å². The SMILES string of the molecule is CCn1cc(C#N)c(=O)n(CC(=O)c2ccc(CCNS(C)(=O)=O)cc2)c1=O. The maximum absolute atomic E-state index is 12.5. The van der Waals surface area contributed by atoms with Crippen LogP contribution in [0.15, 0.2) is 40.1 Å². The van der Waals surface area contributed by atoms with Crippen molar-refractivity contribution in [3.63, 3.8) is 0 Å². The largest absolute Gasteiger partial charge is 0.331 e. The van der Waals surface area contributed by atoms with Crippen LogP contribution in [0, 0.1) is 11.3 Å². The first-order valence-corrected chi connectivity index (χ1v) is 10.4. The average Bonchev–Trinajstić information content (AvgIpc) is 2.65. The van der Waals surface area contributed by atoms with Crippen LogP contribution in [0.4, 0.5) is 0 Å². The van der Waals surface area contributed by atoms with E-state index in [9.17, 15) is 22.8 Å². The first-order valence-electron chi connectivity index (χ1n) is 8.47. The number of hydrogen-bond donors (Lipinski definition) is 1. The molecule has 10 heteroatoms. The summed E-state index contributed by atoms with van der Waals surface area (Å²) in [4.78, 5) is 37.0. The first-order chi connectivity index (χ1) is 13.2. The van der Waals surface area contributed by atoms with Gasteiger partial charge in [0.25, 0.3) is 5.56 Å². The van der Waals surface area contributed by atoms with E-state index in [4.69, 9.17) is 5.26 Å². The van der Waals surface area contributed by atoms with Gasteiger partial charge in [0, 0.05) is 24.8 Å². The lowest BCUT2D eigenvalue weighted by Crippen LogP contribution is -2.42. The van der Waals surface area contributed by atoms with E-state index in [1.807, 2.05) is 0 Å². The van der Waals surface area contributed by atoms with Crippen molar-refractivity contribution in [2.75, 3.05) is 12.8 Å². The fraction of sp³-hybridized carbons (Fsp3) is 0.333. The van der Waals surface area contributed by atoms with Crippen molar-refractivity contribution in [2.24, 2.45) is 0 Å². The third kappa shape index (κ3) is 5.25. The number of aryl methyl sites for hydroxylation is 1. The molecule has 0 spiro atoms. The Morgan fingerprint density at radius 1 is 1.21 bits per heavy atom. The van der Waals surface area contributed by atoms with Crippen LogP contribution in [0.25, 0.3) is 0 Å². The summed E-state index contributed by atoms with van der Waals surface area (Å²) in [5.74, 6) is -0.447. The number of nitrogens with one attached hydrogen (secondary N) is 1. The number of carbonyl (C=O) groups excluding carboxylic acids is 1. The van der Waals surface area contributed by atoms with Crippen LogP contribution in [0.3, 0.4) is 0 Å². The fourth-order valence-electron chi connectivity index (χ4n) is 2.57. The highest BCUT2D eigenvalue weighted by molar-refractivity contribution is 7.88. The number of sulfonamides is 1. The molecule has 148 valence electrons. The molecular formula is C18H20N4O5S.